The van der Waals surface area contributed by atoms with Crippen LogP contribution in [0.25, 0.3) is 0 Å². The lowest BCUT2D eigenvalue weighted by atomic mass is 9.97. The molecule has 0 atom stereocenters. The second-order valence-electron chi connectivity index (χ2n) is 6.23. The first-order chi connectivity index (χ1) is 8.90. The van der Waals surface area contributed by atoms with Crippen molar-refractivity contribution in [3.63, 3.8) is 0 Å². The highest BCUT2D eigenvalue weighted by atomic mass is 16.6. The molecule has 111 valence electrons. The molecule has 1 fully saturated rings. The number of nitrogens with one attached hydrogen (secondary N) is 1. The van der Waals surface area contributed by atoms with E-state index in [4.69, 9.17) is 4.74 Å². The summed E-state index contributed by atoms with van der Waals surface area (Å²) in [5, 5.41) is 13.3. The molecule has 1 aliphatic heterocycles. The van der Waals surface area contributed by atoms with E-state index in [2.05, 4.69) is 10.2 Å². The Hall–Kier alpha value is -0.810. The van der Waals surface area contributed by atoms with Gasteiger partial charge in [0.05, 0.1) is 6.61 Å². The molecular weight excluding hydrogens is 244 g/mol. The van der Waals surface area contributed by atoms with Gasteiger partial charge >= 0.3 is 6.09 Å². The standard InChI is InChI=1S/C14H27N2O3/c1-14(2,3)19-13(18)15-11-12-5-8-16(9-6-12)7-4-10-17/h12H,4-11H2,1-3H3,(H,15,18). The first kappa shape index (κ1) is 16.2. The van der Waals surface area contributed by atoms with Gasteiger partial charge in [-0.3, -0.25) is 0 Å². The van der Waals surface area contributed by atoms with E-state index in [1.807, 2.05) is 20.8 Å². The highest BCUT2D eigenvalue weighted by Gasteiger charge is 2.21. The van der Waals surface area contributed by atoms with Gasteiger partial charge in [-0.25, -0.2) is 9.90 Å². The number of piperidine rings is 1. The van der Waals surface area contributed by atoms with Crippen molar-refractivity contribution in [3.05, 3.63) is 0 Å². The van der Waals surface area contributed by atoms with Crippen LogP contribution >= 0.6 is 0 Å². The molecule has 1 heterocycles. The van der Waals surface area contributed by atoms with Crippen molar-refractivity contribution in [2.45, 2.75) is 45.6 Å². The molecule has 5 heteroatoms. The summed E-state index contributed by atoms with van der Waals surface area (Å²) in [7, 11) is 0. The van der Waals surface area contributed by atoms with Gasteiger partial charge in [0.2, 0.25) is 0 Å². The van der Waals surface area contributed by atoms with E-state index < -0.39 is 5.60 Å². The van der Waals surface area contributed by atoms with Gasteiger partial charge in [-0.15, -0.1) is 0 Å². The molecule has 1 N–H and O–H groups in total. The maximum Gasteiger partial charge on any atom is 0.407 e. The summed E-state index contributed by atoms with van der Waals surface area (Å²) in [4.78, 5) is 13.9. The van der Waals surface area contributed by atoms with Crippen LogP contribution in [0.5, 0.6) is 0 Å². The summed E-state index contributed by atoms with van der Waals surface area (Å²) in [5.41, 5.74) is -0.439. The van der Waals surface area contributed by atoms with Crippen LogP contribution in [0.4, 0.5) is 4.79 Å². The molecule has 1 amide bonds. The minimum Gasteiger partial charge on any atom is -0.444 e. The predicted molar refractivity (Wildman–Crippen MR) is 73.6 cm³/mol. The molecule has 0 aliphatic carbocycles. The van der Waals surface area contributed by atoms with E-state index in [1.54, 1.807) is 0 Å². The maximum absolute atomic E-state index is 11.5. The number of nitrogens with zero attached hydrogens (tertiary/aromatic N) is 1. The average molecular weight is 271 g/mol. The molecule has 0 aromatic rings. The smallest absolute Gasteiger partial charge is 0.407 e. The van der Waals surface area contributed by atoms with Crippen LogP contribution in [0.15, 0.2) is 0 Å². The fourth-order valence-corrected chi connectivity index (χ4v) is 2.24. The molecule has 0 unspecified atom stereocenters. The normalized spacial score (nSPS) is 18.3. The molecule has 19 heavy (non-hydrogen) atoms. The van der Waals surface area contributed by atoms with E-state index in [0.29, 0.717) is 12.5 Å². The van der Waals surface area contributed by atoms with E-state index in [0.717, 1.165) is 38.9 Å². The van der Waals surface area contributed by atoms with Gasteiger partial charge in [0.15, 0.2) is 0 Å². The Kier molecular flexibility index (Phi) is 6.58. The van der Waals surface area contributed by atoms with Crippen LogP contribution in [0.3, 0.4) is 0 Å². The number of alkyl carbamates (subject to hydrolysis) is 1. The first-order valence-electron chi connectivity index (χ1n) is 7.18. The molecule has 1 radical (unpaired) electrons. The highest BCUT2D eigenvalue weighted by molar-refractivity contribution is 5.67. The zero-order valence-corrected chi connectivity index (χ0v) is 12.4. The van der Waals surface area contributed by atoms with Crippen molar-refractivity contribution in [2.24, 2.45) is 5.92 Å². The maximum atomic E-state index is 11.5. The van der Waals surface area contributed by atoms with Gasteiger partial charge in [-0.05, 0) is 59.0 Å². The molecule has 1 aliphatic rings. The number of likely N-dealkylation sites (tertiary alicyclic amines) is 1. The first-order valence-corrected chi connectivity index (χ1v) is 7.18. The number of hydrogen-bond acceptors (Lipinski definition) is 3. The van der Waals surface area contributed by atoms with E-state index >= 15 is 0 Å². The Bertz CT molecular complexity index is 268. The molecule has 0 bridgehead atoms. The summed E-state index contributed by atoms with van der Waals surface area (Å²) in [6.45, 7) is 9.25. The van der Waals surface area contributed by atoms with Crippen molar-refractivity contribution in [2.75, 3.05) is 32.8 Å². The van der Waals surface area contributed by atoms with Crippen LogP contribution in [-0.4, -0.2) is 49.4 Å². The Morgan fingerprint density at radius 3 is 2.47 bits per heavy atom. The molecule has 1 rings (SSSR count). The van der Waals surface area contributed by atoms with Crippen LogP contribution < -0.4 is 5.32 Å². The molecule has 0 saturated carbocycles. The monoisotopic (exact) mass is 271 g/mol. The molecule has 0 aromatic heterocycles. The number of amides is 1. The van der Waals surface area contributed by atoms with Crippen LogP contribution in [0.2, 0.25) is 0 Å². The van der Waals surface area contributed by atoms with Crippen LogP contribution in [-0.2, 0) is 9.84 Å². The second kappa shape index (κ2) is 7.70. The summed E-state index contributed by atoms with van der Waals surface area (Å²) < 4.78 is 5.21. The summed E-state index contributed by atoms with van der Waals surface area (Å²) >= 11 is 0. The topological polar surface area (TPSA) is 61.5 Å². The third kappa shape index (κ3) is 7.38. The van der Waals surface area contributed by atoms with E-state index in [9.17, 15) is 9.90 Å². The highest BCUT2D eigenvalue weighted by Crippen LogP contribution is 2.16. The average Bonchev–Trinajstić information content (AvgIpc) is 2.33. The Morgan fingerprint density at radius 1 is 1.32 bits per heavy atom. The SMILES string of the molecule is CC(C)(C)OC(=O)NCC1CCN(CCC[O])CC1. The van der Waals surface area contributed by atoms with Gasteiger partial charge in [-0.1, -0.05) is 0 Å². The summed E-state index contributed by atoms with van der Waals surface area (Å²) in [5.74, 6) is 0.524. The fourth-order valence-electron chi connectivity index (χ4n) is 2.24. The number of carbonyl (C=O) groups excluding carboxylic acids is 1. The zero-order chi connectivity index (χ0) is 14.3. The van der Waals surface area contributed by atoms with Crippen LogP contribution in [0.1, 0.15) is 40.0 Å². The van der Waals surface area contributed by atoms with Crippen molar-refractivity contribution >= 4 is 6.09 Å². The van der Waals surface area contributed by atoms with Crippen LogP contribution in [0, 0.1) is 5.92 Å². The van der Waals surface area contributed by atoms with E-state index in [-0.39, 0.29) is 12.7 Å². The van der Waals surface area contributed by atoms with E-state index in [1.165, 1.54) is 0 Å². The van der Waals surface area contributed by atoms with Crippen molar-refractivity contribution in [1.29, 1.82) is 0 Å². The third-order valence-corrected chi connectivity index (χ3v) is 3.26. The predicted octanol–water partition coefficient (Wildman–Crippen LogP) is 2.04. The minimum atomic E-state index is -0.439. The zero-order valence-electron chi connectivity index (χ0n) is 12.4. The quantitative estimate of drug-likeness (QED) is 0.832. The van der Waals surface area contributed by atoms with Gasteiger partial charge < -0.3 is 15.0 Å². The van der Waals surface area contributed by atoms with Gasteiger partial charge in [0.25, 0.3) is 0 Å². The van der Waals surface area contributed by atoms with Crippen molar-refractivity contribution in [3.8, 4) is 0 Å². The molecule has 0 aromatic carbocycles. The minimum absolute atomic E-state index is 0.0140. The number of ether oxygens (including phenoxy) is 1. The third-order valence-electron chi connectivity index (χ3n) is 3.26. The van der Waals surface area contributed by atoms with Crippen molar-refractivity contribution in [1.82, 2.24) is 10.2 Å². The Balaban J connectivity index is 2.14. The molecular formula is C14H27N2O3. The van der Waals surface area contributed by atoms with Gasteiger partial charge in [0.1, 0.15) is 5.60 Å². The van der Waals surface area contributed by atoms with Gasteiger partial charge in [0, 0.05) is 13.1 Å². The lowest BCUT2D eigenvalue weighted by Gasteiger charge is -2.32. The van der Waals surface area contributed by atoms with Crippen molar-refractivity contribution < 1.29 is 14.6 Å². The molecule has 5 nitrogen and oxygen atoms in total. The number of carbonyl (C=O) groups is 1. The fraction of sp³-hybridized carbons (Fsp3) is 0.929. The Morgan fingerprint density at radius 2 is 1.95 bits per heavy atom. The summed E-state index contributed by atoms with van der Waals surface area (Å²) in [6.07, 6.45) is 2.56. The largest absolute Gasteiger partial charge is 0.444 e. The number of hydrogen-bond donors (Lipinski definition) is 1. The lowest BCUT2D eigenvalue weighted by Crippen LogP contribution is -2.40. The van der Waals surface area contributed by atoms with Gasteiger partial charge in [-0.2, -0.15) is 0 Å². The summed E-state index contributed by atoms with van der Waals surface area (Å²) in [6, 6.07) is 0. The Labute approximate surface area is 116 Å². The number of rotatable bonds is 5. The second-order valence-corrected chi connectivity index (χ2v) is 6.23. The molecule has 0 spiro atoms. The molecule has 1 saturated heterocycles. The lowest BCUT2D eigenvalue weighted by molar-refractivity contribution is 0.0508.